The second-order valence-corrected chi connectivity index (χ2v) is 6.24. The quantitative estimate of drug-likeness (QED) is 0.553. The minimum absolute atomic E-state index is 0.132. The number of carbonyl (C=O) groups excluding carboxylic acids is 1. The van der Waals surface area contributed by atoms with Crippen LogP contribution in [0.2, 0.25) is 0 Å². The summed E-state index contributed by atoms with van der Waals surface area (Å²) < 4.78 is 20.4. The van der Waals surface area contributed by atoms with Crippen LogP contribution >= 0.6 is 11.8 Å². The Hall–Kier alpha value is -1.93. The Kier molecular flexibility index (Phi) is 7.20. The third kappa shape index (κ3) is 5.61. The fourth-order valence-electron chi connectivity index (χ4n) is 2.02. The summed E-state index contributed by atoms with van der Waals surface area (Å²) in [6.07, 6.45) is 2.50. The first kappa shape index (κ1) is 18.4. The van der Waals surface area contributed by atoms with E-state index in [2.05, 4.69) is 15.5 Å². The molecule has 2 aromatic rings. The first-order valence-corrected chi connectivity index (χ1v) is 8.60. The number of rotatable bonds is 9. The smallest absolute Gasteiger partial charge is 0.230 e. The summed E-state index contributed by atoms with van der Waals surface area (Å²) in [4.78, 5) is 11.9. The van der Waals surface area contributed by atoms with E-state index in [4.69, 9.17) is 4.74 Å². The highest BCUT2D eigenvalue weighted by Gasteiger charge is 2.09. The van der Waals surface area contributed by atoms with Crippen molar-refractivity contribution in [3.8, 4) is 0 Å². The molecule has 1 aromatic heterocycles. The van der Waals surface area contributed by atoms with E-state index in [1.54, 1.807) is 32.5 Å². The number of amides is 1. The van der Waals surface area contributed by atoms with Gasteiger partial charge in [-0.1, -0.05) is 23.9 Å². The highest BCUT2D eigenvalue weighted by molar-refractivity contribution is 7.99. The van der Waals surface area contributed by atoms with Crippen molar-refractivity contribution in [2.24, 2.45) is 0 Å². The number of benzene rings is 1. The van der Waals surface area contributed by atoms with Gasteiger partial charge in [0.25, 0.3) is 0 Å². The second kappa shape index (κ2) is 9.39. The Morgan fingerprint density at radius 1 is 1.46 bits per heavy atom. The van der Waals surface area contributed by atoms with Crippen LogP contribution in [0.1, 0.15) is 17.5 Å². The second-order valence-electron chi connectivity index (χ2n) is 5.30. The average Bonchev–Trinajstić information content (AvgIpc) is 3.02. The summed E-state index contributed by atoms with van der Waals surface area (Å²) in [6, 6.07) is 4.95. The lowest BCUT2D eigenvalue weighted by molar-refractivity contribution is -0.118. The molecule has 0 aliphatic rings. The van der Waals surface area contributed by atoms with Crippen molar-refractivity contribution in [1.29, 1.82) is 0 Å². The van der Waals surface area contributed by atoms with E-state index in [9.17, 15) is 9.18 Å². The van der Waals surface area contributed by atoms with Gasteiger partial charge in [0.2, 0.25) is 5.91 Å². The zero-order valence-electron chi connectivity index (χ0n) is 13.8. The van der Waals surface area contributed by atoms with Crippen LogP contribution in [-0.4, -0.2) is 40.1 Å². The number of aryl methyl sites for hydroxylation is 2. The number of methoxy groups -OCH3 is 1. The summed E-state index contributed by atoms with van der Waals surface area (Å²) >= 11 is 1.32. The first-order chi connectivity index (χ1) is 11.6. The Labute approximate surface area is 144 Å². The third-order valence-corrected chi connectivity index (χ3v) is 4.37. The molecular weight excluding hydrogens is 331 g/mol. The van der Waals surface area contributed by atoms with Crippen molar-refractivity contribution in [2.45, 2.75) is 31.6 Å². The molecule has 6 nitrogen and oxygen atoms in total. The molecule has 0 spiro atoms. The lowest BCUT2D eigenvalue weighted by Crippen LogP contribution is -2.24. The highest BCUT2D eigenvalue weighted by Crippen LogP contribution is 2.15. The Morgan fingerprint density at radius 2 is 2.29 bits per heavy atom. The molecule has 130 valence electrons. The molecule has 2 rings (SSSR count). The lowest BCUT2D eigenvalue weighted by Gasteiger charge is -2.07. The van der Waals surface area contributed by atoms with Gasteiger partial charge in [-0.05, 0) is 30.5 Å². The summed E-state index contributed by atoms with van der Waals surface area (Å²) in [5.74, 6) is -0.162. The minimum atomic E-state index is -0.264. The minimum Gasteiger partial charge on any atom is -0.385 e. The van der Waals surface area contributed by atoms with Crippen molar-refractivity contribution >= 4 is 17.7 Å². The van der Waals surface area contributed by atoms with Gasteiger partial charge < -0.3 is 14.6 Å². The summed E-state index contributed by atoms with van der Waals surface area (Å²) in [7, 11) is 1.66. The molecule has 0 saturated carbocycles. The van der Waals surface area contributed by atoms with Crippen LogP contribution in [0, 0.1) is 12.7 Å². The van der Waals surface area contributed by atoms with Crippen LogP contribution in [0.3, 0.4) is 0 Å². The van der Waals surface area contributed by atoms with E-state index < -0.39 is 0 Å². The fraction of sp³-hybridized carbons (Fsp3) is 0.438. The zero-order chi connectivity index (χ0) is 17.4. The number of carbonyl (C=O) groups is 1. The number of halogens is 1. The van der Waals surface area contributed by atoms with Crippen LogP contribution in [0.5, 0.6) is 0 Å². The van der Waals surface area contributed by atoms with Gasteiger partial charge in [0.05, 0.1) is 5.75 Å². The Balaban J connectivity index is 1.77. The molecule has 8 heteroatoms. The standard InChI is InChI=1S/C16H21FN4O2S/c1-12-4-5-13(8-14(12)17)9-18-15(22)10-24-16-20-19-11-21(16)6-3-7-23-2/h4-5,8,11H,3,6-7,9-10H2,1-2H3,(H,18,22). The molecule has 0 aliphatic heterocycles. The lowest BCUT2D eigenvalue weighted by atomic mass is 10.1. The molecule has 0 saturated heterocycles. The molecule has 1 heterocycles. The van der Waals surface area contributed by atoms with Crippen LogP contribution < -0.4 is 5.32 Å². The Morgan fingerprint density at radius 3 is 3.04 bits per heavy atom. The Bertz CT molecular complexity index is 678. The molecule has 24 heavy (non-hydrogen) atoms. The normalized spacial score (nSPS) is 10.8. The van der Waals surface area contributed by atoms with E-state index >= 15 is 0 Å². The topological polar surface area (TPSA) is 69.0 Å². The van der Waals surface area contributed by atoms with Gasteiger partial charge in [-0.2, -0.15) is 0 Å². The highest BCUT2D eigenvalue weighted by atomic mass is 32.2. The maximum absolute atomic E-state index is 13.5. The average molecular weight is 352 g/mol. The number of thioether (sulfide) groups is 1. The number of ether oxygens (including phenoxy) is 1. The molecule has 0 bridgehead atoms. The van der Waals surface area contributed by atoms with Crippen LogP contribution in [0.4, 0.5) is 4.39 Å². The maximum Gasteiger partial charge on any atom is 0.230 e. The number of hydrogen-bond acceptors (Lipinski definition) is 5. The van der Waals surface area contributed by atoms with E-state index in [0.29, 0.717) is 23.9 Å². The SMILES string of the molecule is COCCCn1cnnc1SCC(=O)NCc1ccc(C)c(F)c1. The van der Waals surface area contributed by atoms with Crippen LogP contribution in [-0.2, 0) is 22.6 Å². The molecular formula is C16H21FN4O2S. The van der Waals surface area contributed by atoms with Crippen LogP contribution in [0.25, 0.3) is 0 Å². The summed E-state index contributed by atoms with van der Waals surface area (Å²) in [6.45, 7) is 3.41. The largest absolute Gasteiger partial charge is 0.385 e. The molecule has 0 radical (unpaired) electrons. The predicted molar refractivity (Wildman–Crippen MR) is 90.2 cm³/mol. The monoisotopic (exact) mass is 352 g/mol. The van der Waals surface area contributed by atoms with Crippen molar-refractivity contribution in [3.63, 3.8) is 0 Å². The van der Waals surface area contributed by atoms with Crippen molar-refractivity contribution in [3.05, 3.63) is 41.5 Å². The van der Waals surface area contributed by atoms with Gasteiger partial charge in [-0.3, -0.25) is 4.79 Å². The molecule has 1 N–H and O–H groups in total. The maximum atomic E-state index is 13.5. The fourth-order valence-corrected chi connectivity index (χ4v) is 2.79. The van der Waals surface area contributed by atoms with Crippen molar-refractivity contribution < 1.29 is 13.9 Å². The molecule has 0 unspecified atom stereocenters. The third-order valence-electron chi connectivity index (χ3n) is 3.39. The summed E-state index contributed by atoms with van der Waals surface area (Å²) in [5.41, 5.74) is 1.33. The zero-order valence-corrected chi connectivity index (χ0v) is 14.6. The molecule has 0 atom stereocenters. The van der Waals surface area contributed by atoms with Gasteiger partial charge >= 0.3 is 0 Å². The molecule has 1 amide bonds. The van der Waals surface area contributed by atoms with Gasteiger partial charge in [-0.15, -0.1) is 10.2 Å². The van der Waals surface area contributed by atoms with Crippen molar-refractivity contribution in [1.82, 2.24) is 20.1 Å². The van der Waals surface area contributed by atoms with Crippen LogP contribution in [0.15, 0.2) is 29.7 Å². The molecule has 0 aliphatic carbocycles. The van der Waals surface area contributed by atoms with E-state index in [1.165, 1.54) is 17.8 Å². The van der Waals surface area contributed by atoms with Gasteiger partial charge in [0, 0.05) is 26.8 Å². The van der Waals surface area contributed by atoms with Gasteiger partial charge in [0.1, 0.15) is 12.1 Å². The summed E-state index contributed by atoms with van der Waals surface area (Å²) in [5, 5.41) is 11.4. The number of aromatic nitrogens is 3. The van der Waals surface area contributed by atoms with Gasteiger partial charge in [-0.25, -0.2) is 4.39 Å². The van der Waals surface area contributed by atoms with E-state index in [1.807, 2.05) is 4.57 Å². The molecule has 0 fully saturated rings. The van der Waals surface area contributed by atoms with Crippen molar-refractivity contribution in [2.75, 3.05) is 19.5 Å². The molecule has 1 aromatic carbocycles. The van der Waals surface area contributed by atoms with E-state index in [-0.39, 0.29) is 17.5 Å². The van der Waals surface area contributed by atoms with E-state index in [0.717, 1.165) is 18.5 Å². The number of hydrogen-bond donors (Lipinski definition) is 1. The first-order valence-electron chi connectivity index (χ1n) is 7.61. The number of nitrogens with one attached hydrogen (secondary N) is 1. The van der Waals surface area contributed by atoms with Gasteiger partial charge in [0.15, 0.2) is 5.16 Å². The predicted octanol–water partition coefficient (Wildman–Crippen LogP) is 2.17. The number of nitrogens with zero attached hydrogens (tertiary/aromatic N) is 3.